The van der Waals surface area contributed by atoms with Crippen LogP contribution in [0, 0.1) is 0 Å². The number of aromatic hydroxyl groups is 1. The number of thioether (sulfide) groups is 1. The third-order valence-electron chi connectivity index (χ3n) is 2.58. The number of carbonyl (C=O) groups excluding carboxylic acids is 1. The molecule has 0 saturated carbocycles. The first-order valence-electron chi connectivity index (χ1n) is 5.49. The number of hydrogen-bond acceptors (Lipinski definition) is 3. The molecule has 0 aliphatic rings. The van der Waals surface area contributed by atoms with Crippen molar-refractivity contribution in [3.63, 3.8) is 0 Å². The quantitative estimate of drug-likeness (QED) is 0.796. The second kappa shape index (κ2) is 5.94. The molecule has 0 aromatic heterocycles. The fraction of sp³-hybridized carbons (Fsp3) is 0.462. The maximum Gasteiger partial charge on any atom is 0.159 e. The summed E-state index contributed by atoms with van der Waals surface area (Å²) in [6, 6.07) is 5.05. The molecule has 88 valence electrons. The first-order chi connectivity index (χ1) is 7.54. The van der Waals surface area contributed by atoms with E-state index in [0.29, 0.717) is 10.8 Å². The summed E-state index contributed by atoms with van der Waals surface area (Å²) in [5, 5.41) is 10.2. The Labute approximate surface area is 101 Å². The van der Waals surface area contributed by atoms with Gasteiger partial charge in [-0.05, 0) is 31.5 Å². The second-order valence-corrected chi connectivity index (χ2v) is 5.36. The Balaban J connectivity index is 2.78. The summed E-state index contributed by atoms with van der Waals surface area (Å²) in [7, 11) is 0. The van der Waals surface area contributed by atoms with Crippen molar-refractivity contribution >= 4 is 17.5 Å². The summed E-state index contributed by atoms with van der Waals surface area (Å²) in [5.74, 6) is 1.07. The Hall–Kier alpha value is -0.960. The van der Waals surface area contributed by atoms with Gasteiger partial charge in [0.25, 0.3) is 0 Å². The summed E-state index contributed by atoms with van der Waals surface area (Å²) in [5.41, 5.74) is 1.51. The van der Waals surface area contributed by atoms with Gasteiger partial charge in [-0.15, -0.1) is 0 Å². The van der Waals surface area contributed by atoms with E-state index in [2.05, 4.69) is 13.8 Å². The van der Waals surface area contributed by atoms with Crippen molar-refractivity contribution in [2.45, 2.75) is 38.2 Å². The minimum absolute atomic E-state index is 0.0368. The number of phenolic OH excluding ortho intramolecular Hbond substituents is 1. The van der Waals surface area contributed by atoms with Crippen LogP contribution in [0.4, 0.5) is 0 Å². The summed E-state index contributed by atoms with van der Waals surface area (Å²) in [6.45, 7) is 5.85. The molecule has 0 radical (unpaired) electrons. The highest BCUT2D eigenvalue weighted by Crippen LogP contribution is 2.26. The van der Waals surface area contributed by atoms with Gasteiger partial charge in [0, 0.05) is 22.1 Å². The lowest BCUT2D eigenvalue weighted by Gasteiger charge is -2.10. The maximum atomic E-state index is 11.2. The number of Topliss-reactive ketones (excluding diaryl/α,β-unsaturated/α-hetero) is 1. The molecule has 0 fully saturated rings. The first kappa shape index (κ1) is 13.1. The van der Waals surface area contributed by atoms with E-state index in [9.17, 15) is 9.90 Å². The van der Waals surface area contributed by atoms with Gasteiger partial charge in [0.15, 0.2) is 5.78 Å². The third kappa shape index (κ3) is 3.56. The normalized spacial score (nSPS) is 12.4. The standard InChI is InChI=1S/C13H18O2S/c1-4-9(2)16-8-12-7-11(10(3)14)5-6-13(12)15/h5-7,9,15H,4,8H2,1-3H3. The molecule has 0 saturated heterocycles. The van der Waals surface area contributed by atoms with Crippen LogP contribution in [-0.2, 0) is 5.75 Å². The lowest BCUT2D eigenvalue weighted by molar-refractivity contribution is 0.101. The molecule has 2 nitrogen and oxygen atoms in total. The van der Waals surface area contributed by atoms with Crippen LogP contribution in [0.5, 0.6) is 5.75 Å². The van der Waals surface area contributed by atoms with E-state index in [1.807, 2.05) is 0 Å². The van der Waals surface area contributed by atoms with Crippen molar-refractivity contribution in [2.75, 3.05) is 0 Å². The maximum absolute atomic E-state index is 11.2. The van der Waals surface area contributed by atoms with E-state index in [4.69, 9.17) is 0 Å². The number of phenols is 1. The van der Waals surface area contributed by atoms with Crippen molar-refractivity contribution in [3.8, 4) is 5.75 Å². The molecule has 0 heterocycles. The molecule has 1 rings (SSSR count). The Morgan fingerprint density at radius 3 is 2.75 bits per heavy atom. The van der Waals surface area contributed by atoms with Crippen LogP contribution in [0.2, 0.25) is 0 Å². The SMILES string of the molecule is CCC(C)SCc1cc(C(C)=O)ccc1O. The van der Waals surface area contributed by atoms with E-state index in [-0.39, 0.29) is 11.5 Å². The number of ketones is 1. The Kier molecular flexibility index (Phi) is 4.87. The molecule has 16 heavy (non-hydrogen) atoms. The second-order valence-electron chi connectivity index (χ2n) is 3.93. The van der Waals surface area contributed by atoms with Crippen molar-refractivity contribution < 1.29 is 9.90 Å². The lowest BCUT2D eigenvalue weighted by Crippen LogP contribution is -1.97. The highest BCUT2D eigenvalue weighted by atomic mass is 32.2. The predicted octanol–water partition coefficient (Wildman–Crippen LogP) is 3.63. The van der Waals surface area contributed by atoms with Crippen molar-refractivity contribution in [2.24, 2.45) is 0 Å². The van der Waals surface area contributed by atoms with Crippen LogP contribution >= 0.6 is 11.8 Å². The summed E-state index contributed by atoms with van der Waals surface area (Å²) in [4.78, 5) is 11.2. The average Bonchev–Trinajstić information content (AvgIpc) is 2.27. The third-order valence-corrected chi connectivity index (χ3v) is 3.96. The predicted molar refractivity (Wildman–Crippen MR) is 69.2 cm³/mol. The van der Waals surface area contributed by atoms with E-state index in [1.165, 1.54) is 6.92 Å². The summed E-state index contributed by atoms with van der Waals surface area (Å²) in [6.07, 6.45) is 1.11. The van der Waals surface area contributed by atoms with Crippen LogP contribution in [0.1, 0.15) is 43.1 Å². The zero-order chi connectivity index (χ0) is 12.1. The van der Waals surface area contributed by atoms with Crippen LogP contribution in [0.3, 0.4) is 0 Å². The minimum atomic E-state index is 0.0368. The van der Waals surface area contributed by atoms with Gasteiger partial charge in [-0.1, -0.05) is 13.8 Å². The van der Waals surface area contributed by atoms with E-state index >= 15 is 0 Å². The van der Waals surface area contributed by atoms with Crippen LogP contribution in [-0.4, -0.2) is 16.1 Å². The van der Waals surface area contributed by atoms with Crippen molar-refractivity contribution in [1.82, 2.24) is 0 Å². The molecule has 3 heteroatoms. The zero-order valence-corrected chi connectivity index (χ0v) is 10.8. The molecular formula is C13H18O2S. The number of benzene rings is 1. The monoisotopic (exact) mass is 238 g/mol. The van der Waals surface area contributed by atoms with Gasteiger partial charge in [0.1, 0.15) is 5.75 Å². The lowest BCUT2D eigenvalue weighted by atomic mass is 10.1. The van der Waals surface area contributed by atoms with Crippen LogP contribution in [0.15, 0.2) is 18.2 Å². The Morgan fingerprint density at radius 2 is 2.19 bits per heavy atom. The molecule has 1 unspecified atom stereocenters. The van der Waals surface area contributed by atoms with Crippen molar-refractivity contribution in [3.05, 3.63) is 29.3 Å². The van der Waals surface area contributed by atoms with Gasteiger partial charge in [0.2, 0.25) is 0 Å². The van der Waals surface area contributed by atoms with E-state index in [0.717, 1.165) is 17.7 Å². The first-order valence-corrected chi connectivity index (χ1v) is 6.54. The fourth-order valence-electron chi connectivity index (χ4n) is 1.27. The van der Waals surface area contributed by atoms with Gasteiger partial charge < -0.3 is 5.11 Å². The summed E-state index contributed by atoms with van der Waals surface area (Å²) < 4.78 is 0. The highest BCUT2D eigenvalue weighted by Gasteiger charge is 2.07. The number of carbonyl (C=O) groups is 1. The molecular weight excluding hydrogens is 220 g/mol. The van der Waals surface area contributed by atoms with Gasteiger partial charge in [0.05, 0.1) is 0 Å². The van der Waals surface area contributed by atoms with Gasteiger partial charge in [-0.2, -0.15) is 11.8 Å². The highest BCUT2D eigenvalue weighted by molar-refractivity contribution is 7.99. The molecule has 0 aliphatic heterocycles. The molecule has 0 amide bonds. The van der Waals surface area contributed by atoms with E-state index in [1.54, 1.807) is 30.0 Å². The van der Waals surface area contributed by atoms with Crippen LogP contribution in [0.25, 0.3) is 0 Å². The molecule has 1 atom stereocenters. The van der Waals surface area contributed by atoms with Gasteiger partial charge in [-0.3, -0.25) is 4.79 Å². The molecule has 1 aromatic carbocycles. The van der Waals surface area contributed by atoms with E-state index < -0.39 is 0 Å². The minimum Gasteiger partial charge on any atom is -0.508 e. The zero-order valence-electron chi connectivity index (χ0n) is 9.99. The molecule has 0 bridgehead atoms. The van der Waals surface area contributed by atoms with Gasteiger partial charge >= 0.3 is 0 Å². The Bertz CT molecular complexity index is 374. The fourth-order valence-corrected chi connectivity index (χ4v) is 2.20. The number of hydrogen-bond donors (Lipinski definition) is 1. The molecule has 0 aliphatic carbocycles. The largest absolute Gasteiger partial charge is 0.508 e. The summed E-state index contributed by atoms with van der Waals surface area (Å²) >= 11 is 1.79. The van der Waals surface area contributed by atoms with Gasteiger partial charge in [-0.25, -0.2) is 0 Å². The average molecular weight is 238 g/mol. The molecule has 0 spiro atoms. The topological polar surface area (TPSA) is 37.3 Å². The number of rotatable bonds is 5. The Morgan fingerprint density at radius 1 is 1.50 bits per heavy atom. The molecule has 1 N–H and O–H groups in total. The van der Waals surface area contributed by atoms with Crippen LogP contribution < -0.4 is 0 Å². The molecule has 1 aromatic rings. The smallest absolute Gasteiger partial charge is 0.159 e. The van der Waals surface area contributed by atoms with Crippen molar-refractivity contribution in [1.29, 1.82) is 0 Å².